The second-order valence-corrected chi connectivity index (χ2v) is 11.4. The summed E-state index contributed by atoms with van der Waals surface area (Å²) in [6.45, 7) is 5.62. The van der Waals surface area contributed by atoms with Crippen molar-refractivity contribution in [3.63, 3.8) is 0 Å². The van der Waals surface area contributed by atoms with Crippen LogP contribution in [0.1, 0.15) is 93.3 Å². The van der Waals surface area contributed by atoms with Crippen LogP contribution < -0.4 is 5.32 Å². The molecule has 13 heteroatoms. The number of fused-ring (bicyclic) bond motifs is 1. The Labute approximate surface area is 257 Å². The average molecular weight is 631 g/mol. The highest BCUT2D eigenvalue weighted by Gasteiger charge is 2.45. The van der Waals surface area contributed by atoms with Crippen molar-refractivity contribution in [3.05, 3.63) is 47.1 Å². The van der Waals surface area contributed by atoms with Crippen LogP contribution in [0, 0.1) is 23.5 Å². The number of halogens is 4. The molecule has 1 N–H and O–H groups in total. The zero-order valence-electron chi connectivity index (χ0n) is 23.9. The van der Waals surface area contributed by atoms with Crippen LogP contribution in [0.4, 0.5) is 8.78 Å². The quantitative estimate of drug-likeness (QED) is 0.415. The number of nitrogens with zero attached hydrogens (tertiary/aromatic N) is 4. The molecule has 0 radical (unpaired) electrons. The smallest absolute Gasteiger partial charge is 0.251 e. The van der Waals surface area contributed by atoms with Gasteiger partial charge >= 0.3 is 0 Å². The molecule has 1 aromatic carbocycles. The number of ketones is 1. The number of benzene rings is 1. The summed E-state index contributed by atoms with van der Waals surface area (Å²) in [6, 6.07) is 1.78. The molecule has 1 saturated carbocycles. The summed E-state index contributed by atoms with van der Waals surface area (Å²) in [7, 11) is 0. The van der Waals surface area contributed by atoms with Crippen molar-refractivity contribution in [1.82, 2.24) is 25.3 Å². The molecule has 2 aromatic rings. The summed E-state index contributed by atoms with van der Waals surface area (Å²) in [5.41, 5.74) is -0.104. The van der Waals surface area contributed by atoms with Crippen molar-refractivity contribution in [3.8, 4) is 0 Å². The Morgan fingerprint density at radius 3 is 2.48 bits per heavy atom. The van der Waals surface area contributed by atoms with E-state index in [9.17, 15) is 23.2 Å². The third-order valence-electron chi connectivity index (χ3n) is 8.83. The fraction of sp³-hybridized carbons (Fsp3) is 0.621. The van der Waals surface area contributed by atoms with E-state index in [2.05, 4.69) is 20.4 Å². The summed E-state index contributed by atoms with van der Waals surface area (Å²) >= 11 is 0. The van der Waals surface area contributed by atoms with Crippen LogP contribution in [0.25, 0.3) is 0 Å². The van der Waals surface area contributed by atoms with Crippen molar-refractivity contribution in [2.24, 2.45) is 11.8 Å². The lowest BCUT2D eigenvalue weighted by Gasteiger charge is -2.44. The van der Waals surface area contributed by atoms with Gasteiger partial charge in [-0.2, -0.15) is 4.98 Å². The van der Waals surface area contributed by atoms with Crippen LogP contribution in [-0.2, 0) is 9.59 Å². The van der Waals surface area contributed by atoms with E-state index in [1.54, 1.807) is 4.90 Å². The van der Waals surface area contributed by atoms with Crippen molar-refractivity contribution in [1.29, 1.82) is 0 Å². The van der Waals surface area contributed by atoms with Crippen LogP contribution in [0.2, 0.25) is 0 Å². The molecule has 0 spiro atoms. The molecule has 9 nitrogen and oxygen atoms in total. The van der Waals surface area contributed by atoms with Gasteiger partial charge in [0.15, 0.2) is 11.6 Å². The third-order valence-corrected chi connectivity index (χ3v) is 8.83. The first-order valence-corrected chi connectivity index (χ1v) is 14.4. The van der Waals surface area contributed by atoms with Crippen molar-refractivity contribution in [2.45, 2.75) is 83.3 Å². The molecule has 3 heterocycles. The molecule has 1 aliphatic carbocycles. The first-order chi connectivity index (χ1) is 19.3. The predicted molar refractivity (Wildman–Crippen MR) is 156 cm³/mol. The lowest BCUT2D eigenvalue weighted by molar-refractivity contribution is -0.145. The number of amides is 2. The fourth-order valence-electron chi connectivity index (χ4n) is 6.21. The monoisotopic (exact) mass is 629 g/mol. The van der Waals surface area contributed by atoms with Crippen molar-refractivity contribution >= 4 is 42.4 Å². The number of piperazine rings is 1. The maximum Gasteiger partial charge on any atom is 0.251 e. The van der Waals surface area contributed by atoms with E-state index in [1.165, 1.54) is 0 Å². The lowest BCUT2D eigenvalue weighted by atomic mass is 9.82. The summed E-state index contributed by atoms with van der Waals surface area (Å²) < 4.78 is 32.6. The van der Waals surface area contributed by atoms with Gasteiger partial charge in [0, 0.05) is 30.6 Å². The fourth-order valence-corrected chi connectivity index (χ4v) is 6.21. The Bertz CT molecular complexity index is 1260. The second-order valence-electron chi connectivity index (χ2n) is 11.4. The Morgan fingerprint density at radius 1 is 1.05 bits per heavy atom. The number of rotatable bonds is 8. The van der Waals surface area contributed by atoms with E-state index in [0.717, 1.165) is 69.7 Å². The highest BCUT2D eigenvalue weighted by molar-refractivity contribution is 6.06. The first-order valence-electron chi connectivity index (χ1n) is 14.4. The summed E-state index contributed by atoms with van der Waals surface area (Å²) in [5, 5.41) is 6.93. The van der Waals surface area contributed by atoms with Crippen molar-refractivity contribution < 1.29 is 27.7 Å². The molecule has 5 rings (SSSR count). The molecule has 2 aliphatic heterocycles. The number of carbonyl (C=O) groups is 3. The number of hydrogen-bond donors (Lipinski definition) is 1. The first kappa shape index (κ1) is 33.9. The summed E-state index contributed by atoms with van der Waals surface area (Å²) in [4.78, 5) is 48.6. The van der Waals surface area contributed by atoms with E-state index >= 15 is 0 Å². The standard InChI is InChI=1S/C29H37F2N5O4.2ClH/c1-3-17(2)27(38)32-24(18-8-5-4-6-9-18)29(39)36-15-20-10-7-13-35(20)16-23(36)28-33-26(34-40-28)25(37)19-11-12-21(30)22(31)14-19;;/h11-12,14,17-18,20,23-24H,3-10,13,15-16H2,1-2H3,(H,32,38);2*1H/t17-,20-,23+,24+;;/m1../s1. The van der Waals surface area contributed by atoms with Gasteiger partial charge in [0.05, 0.1) is 0 Å². The van der Waals surface area contributed by atoms with Gasteiger partial charge in [0.25, 0.3) is 5.89 Å². The molecule has 2 saturated heterocycles. The minimum Gasteiger partial charge on any atom is -0.344 e. The zero-order valence-corrected chi connectivity index (χ0v) is 25.5. The maximum absolute atomic E-state index is 14.3. The number of hydrogen-bond acceptors (Lipinski definition) is 7. The molecule has 232 valence electrons. The van der Waals surface area contributed by atoms with E-state index in [-0.39, 0.29) is 71.8 Å². The minimum absolute atomic E-state index is 0. The molecule has 4 atom stereocenters. The van der Waals surface area contributed by atoms with Gasteiger partial charge in [0.1, 0.15) is 12.1 Å². The zero-order chi connectivity index (χ0) is 28.4. The normalized spacial score (nSPS) is 22.3. The molecule has 2 amide bonds. The van der Waals surface area contributed by atoms with Gasteiger partial charge in [-0.1, -0.05) is 38.3 Å². The highest BCUT2D eigenvalue weighted by Crippen LogP contribution is 2.35. The largest absolute Gasteiger partial charge is 0.344 e. The van der Waals surface area contributed by atoms with Crippen LogP contribution in [-0.4, -0.2) is 69.3 Å². The van der Waals surface area contributed by atoms with Gasteiger partial charge < -0.3 is 14.7 Å². The number of aromatic nitrogens is 2. The van der Waals surface area contributed by atoms with E-state index in [1.807, 2.05) is 13.8 Å². The highest BCUT2D eigenvalue weighted by atomic mass is 35.5. The van der Waals surface area contributed by atoms with Crippen molar-refractivity contribution in [2.75, 3.05) is 19.6 Å². The van der Waals surface area contributed by atoms with Gasteiger partial charge in [-0.25, -0.2) is 8.78 Å². The molecule has 0 unspecified atom stereocenters. The van der Waals surface area contributed by atoms with E-state index < -0.39 is 29.5 Å². The maximum atomic E-state index is 14.3. The van der Waals surface area contributed by atoms with Crippen LogP contribution >= 0.6 is 24.8 Å². The Hall–Kier alpha value is -2.63. The van der Waals surface area contributed by atoms with Gasteiger partial charge in [-0.15, -0.1) is 24.8 Å². The molecule has 3 aliphatic rings. The number of carbonyl (C=O) groups excluding carboxylic acids is 3. The van der Waals surface area contributed by atoms with Crippen LogP contribution in [0.5, 0.6) is 0 Å². The molecule has 1 aromatic heterocycles. The topological polar surface area (TPSA) is 109 Å². The number of nitrogens with one attached hydrogen (secondary N) is 1. The lowest BCUT2D eigenvalue weighted by Crippen LogP contribution is -2.60. The van der Waals surface area contributed by atoms with Gasteiger partial charge in [-0.3, -0.25) is 19.3 Å². The predicted octanol–water partition coefficient (Wildman–Crippen LogP) is 4.88. The van der Waals surface area contributed by atoms with Crippen LogP contribution in [0.15, 0.2) is 22.7 Å². The second kappa shape index (κ2) is 14.7. The molecular formula is C29H39Cl2F2N5O4. The molecule has 3 fully saturated rings. The Kier molecular flexibility index (Phi) is 11.9. The molecule has 0 bridgehead atoms. The SMILES string of the molecule is CC[C@@H](C)C(=O)N[C@H](C(=O)N1C[C@H]2CCCN2C[C@H]1c1nc(C(=O)c2ccc(F)c(F)c2)no1)C1CCCCC1.Cl.Cl. The summed E-state index contributed by atoms with van der Waals surface area (Å²) in [6.07, 6.45) is 7.57. The van der Waals surface area contributed by atoms with Crippen LogP contribution in [0.3, 0.4) is 0 Å². The van der Waals surface area contributed by atoms with E-state index in [4.69, 9.17) is 4.52 Å². The average Bonchev–Trinajstić information content (AvgIpc) is 3.65. The Balaban J connectivity index is 0.00000242. The molecular weight excluding hydrogens is 591 g/mol. The Morgan fingerprint density at radius 2 is 1.79 bits per heavy atom. The molecule has 42 heavy (non-hydrogen) atoms. The minimum atomic E-state index is -1.15. The van der Waals surface area contributed by atoms with Gasteiger partial charge in [0.2, 0.25) is 23.4 Å². The summed E-state index contributed by atoms with van der Waals surface area (Å²) in [5.74, 6) is -3.53. The van der Waals surface area contributed by atoms with E-state index in [0.29, 0.717) is 19.5 Å². The van der Waals surface area contributed by atoms with Gasteiger partial charge in [-0.05, 0) is 62.8 Å². The third kappa shape index (κ3) is 7.11.